The molecule has 2 rings (SSSR count). The number of ether oxygens (including phenoxy) is 2. The highest BCUT2D eigenvalue weighted by Crippen LogP contribution is 2.21. The predicted molar refractivity (Wildman–Crippen MR) is 74.7 cm³/mol. The molecule has 0 saturated carbocycles. The minimum atomic E-state index is -0.122. The number of nitrogens with one attached hydrogen (secondary N) is 1. The van der Waals surface area contributed by atoms with Crippen molar-refractivity contribution in [1.82, 2.24) is 5.32 Å². The molecule has 6 heteroatoms. The lowest BCUT2D eigenvalue weighted by Crippen LogP contribution is -2.39. The third kappa shape index (κ3) is 3.78. The molecular formula is C12H13Br2NO3. The molecule has 0 bridgehead atoms. The molecule has 1 heterocycles. The monoisotopic (exact) mass is 377 g/mol. The SMILES string of the molecule is O=C(NCC1COCCO1)c1ccc(Br)cc1Br. The van der Waals surface area contributed by atoms with Gasteiger partial charge in [0, 0.05) is 15.5 Å². The lowest BCUT2D eigenvalue weighted by atomic mass is 10.2. The zero-order valence-electron chi connectivity index (χ0n) is 9.62. The Morgan fingerprint density at radius 3 is 2.89 bits per heavy atom. The van der Waals surface area contributed by atoms with Crippen LogP contribution in [0.3, 0.4) is 0 Å². The minimum Gasteiger partial charge on any atom is -0.376 e. The van der Waals surface area contributed by atoms with Gasteiger partial charge in [0.1, 0.15) is 0 Å². The highest BCUT2D eigenvalue weighted by molar-refractivity contribution is 9.11. The van der Waals surface area contributed by atoms with Crippen molar-refractivity contribution in [2.75, 3.05) is 26.4 Å². The number of hydrogen-bond acceptors (Lipinski definition) is 3. The number of benzene rings is 1. The van der Waals surface area contributed by atoms with Gasteiger partial charge in [0.25, 0.3) is 5.91 Å². The Kier molecular flexibility index (Phi) is 5.17. The van der Waals surface area contributed by atoms with Gasteiger partial charge in [0.2, 0.25) is 0 Å². The van der Waals surface area contributed by atoms with E-state index in [-0.39, 0.29) is 12.0 Å². The van der Waals surface area contributed by atoms with Crippen molar-refractivity contribution in [3.8, 4) is 0 Å². The van der Waals surface area contributed by atoms with Gasteiger partial charge in [-0.05, 0) is 34.1 Å². The summed E-state index contributed by atoms with van der Waals surface area (Å²) in [6.07, 6.45) is -0.0584. The van der Waals surface area contributed by atoms with Crippen molar-refractivity contribution >= 4 is 37.8 Å². The molecule has 1 N–H and O–H groups in total. The normalized spacial score (nSPS) is 19.6. The largest absolute Gasteiger partial charge is 0.376 e. The van der Waals surface area contributed by atoms with Crippen molar-refractivity contribution in [2.24, 2.45) is 0 Å². The summed E-state index contributed by atoms with van der Waals surface area (Å²) in [6, 6.07) is 5.44. The molecule has 1 unspecified atom stereocenters. The van der Waals surface area contributed by atoms with E-state index in [0.717, 1.165) is 8.95 Å². The zero-order chi connectivity index (χ0) is 13.0. The van der Waals surface area contributed by atoms with E-state index < -0.39 is 0 Å². The van der Waals surface area contributed by atoms with Crippen LogP contribution in [0.2, 0.25) is 0 Å². The van der Waals surface area contributed by atoms with Gasteiger partial charge < -0.3 is 14.8 Å². The van der Waals surface area contributed by atoms with Gasteiger partial charge in [-0.3, -0.25) is 4.79 Å². The first kappa shape index (κ1) is 14.0. The van der Waals surface area contributed by atoms with Crippen molar-refractivity contribution in [3.63, 3.8) is 0 Å². The minimum absolute atomic E-state index is 0.0584. The Balaban J connectivity index is 1.90. The van der Waals surface area contributed by atoms with Crippen LogP contribution >= 0.6 is 31.9 Å². The van der Waals surface area contributed by atoms with Crippen molar-refractivity contribution < 1.29 is 14.3 Å². The number of amides is 1. The summed E-state index contributed by atoms with van der Waals surface area (Å²) in [5, 5.41) is 2.84. The lowest BCUT2D eigenvalue weighted by Gasteiger charge is -2.23. The summed E-state index contributed by atoms with van der Waals surface area (Å²) < 4.78 is 12.4. The molecule has 1 aliphatic rings. The van der Waals surface area contributed by atoms with Crippen LogP contribution in [0.1, 0.15) is 10.4 Å². The van der Waals surface area contributed by atoms with Crippen LogP contribution < -0.4 is 5.32 Å². The van der Waals surface area contributed by atoms with Gasteiger partial charge in [0.05, 0.1) is 31.5 Å². The van der Waals surface area contributed by atoms with Crippen LogP contribution in [0, 0.1) is 0 Å². The molecule has 4 nitrogen and oxygen atoms in total. The molecule has 0 aromatic heterocycles. The number of carbonyl (C=O) groups excluding carboxylic acids is 1. The number of halogens is 2. The number of rotatable bonds is 3. The van der Waals surface area contributed by atoms with Crippen molar-refractivity contribution in [3.05, 3.63) is 32.7 Å². The second-order valence-corrected chi connectivity index (χ2v) is 5.67. The molecule has 1 aromatic rings. The Labute approximate surface area is 122 Å². The maximum atomic E-state index is 12.0. The first-order valence-electron chi connectivity index (χ1n) is 5.59. The third-order valence-electron chi connectivity index (χ3n) is 2.55. The molecule has 1 amide bonds. The van der Waals surface area contributed by atoms with Gasteiger partial charge in [-0.25, -0.2) is 0 Å². The van der Waals surface area contributed by atoms with Gasteiger partial charge in [-0.1, -0.05) is 15.9 Å². The molecule has 1 saturated heterocycles. The van der Waals surface area contributed by atoms with Gasteiger partial charge in [-0.2, -0.15) is 0 Å². The summed E-state index contributed by atoms with van der Waals surface area (Å²) in [5.74, 6) is -0.122. The molecule has 1 fully saturated rings. The van der Waals surface area contributed by atoms with Crippen LogP contribution in [-0.2, 0) is 9.47 Å². The Bertz CT molecular complexity index is 433. The van der Waals surface area contributed by atoms with Gasteiger partial charge >= 0.3 is 0 Å². The van der Waals surface area contributed by atoms with E-state index in [1.165, 1.54) is 0 Å². The topological polar surface area (TPSA) is 47.6 Å². The zero-order valence-corrected chi connectivity index (χ0v) is 12.8. The fraction of sp³-hybridized carbons (Fsp3) is 0.417. The predicted octanol–water partition coefficient (Wildman–Crippen LogP) is 2.36. The lowest BCUT2D eigenvalue weighted by molar-refractivity contribution is -0.0855. The Hall–Kier alpha value is -0.430. The molecule has 0 spiro atoms. The molecular weight excluding hydrogens is 366 g/mol. The van der Waals surface area contributed by atoms with Crippen LogP contribution in [-0.4, -0.2) is 38.4 Å². The molecule has 18 heavy (non-hydrogen) atoms. The second kappa shape index (κ2) is 6.65. The summed E-state index contributed by atoms with van der Waals surface area (Å²) >= 11 is 6.72. The van der Waals surface area contributed by atoms with E-state index in [9.17, 15) is 4.79 Å². The molecule has 0 radical (unpaired) electrons. The molecule has 0 aliphatic carbocycles. The third-order valence-corrected chi connectivity index (χ3v) is 3.70. The highest BCUT2D eigenvalue weighted by Gasteiger charge is 2.16. The summed E-state index contributed by atoms with van der Waals surface area (Å²) in [6.45, 7) is 2.20. The smallest absolute Gasteiger partial charge is 0.252 e. The second-order valence-electron chi connectivity index (χ2n) is 3.90. The number of hydrogen-bond donors (Lipinski definition) is 1. The van der Waals surface area contributed by atoms with E-state index >= 15 is 0 Å². The summed E-state index contributed by atoms with van der Waals surface area (Å²) in [4.78, 5) is 12.0. The fourth-order valence-corrected chi connectivity index (χ4v) is 2.86. The van der Waals surface area contributed by atoms with E-state index in [4.69, 9.17) is 9.47 Å². The maximum Gasteiger partial charge on any atom is 0.252 e. The Morgan fingerprint density at radius 1 is 1.39 bits per heavy atom. The average molecular weight is 379 g/mol. The van der Waals surface area contributed by atoms with Crippen molar-refractivity contribution in [2.45, 2.75) is 6.10 Å². The Morgan fingerprint density at radius 2 is 2.22 bits per heavy atom. The van der Waals surface area contributed by atoms with Crippen LogP contribution in [0.25, 0.3) is 0 Å². The first-order chi connectivity index (χ1) is 8.66. The number of carbonyl (C=O) groups is 1. The van der Waals surface area contributed by atoms with Crippen LogP contribution in [0.4, 0.5) is 0 Å². The quantitative estimate of drug-likeness (QED) is 0.878. The fourth-order valence-electron chi connectivity index (χ4n) is 1.63. The van der Waals surface area contributed by atoms with E-state index in [1.807, 2.05) is 12.1 Å². The van der Waals surface area contributed by atoms with Gasteiger partial charge in [0.15, 0.2) is 0 Å². The van der Waals surface area contributed by atoms with Crippen molar-refractivity contribution in [1.29, 1.82) is 0 Å². The standard InChI is InChI=1S/C12H13Br2NO3/c13-8-1-2-10(11(14)5-8)12(16)15-6-9-7-17-3-4-18-9/h1-2,5,9H,3-4,6-7H2,(H,15,16). The highest BCUT2D eigenvalue weighted by atomic mass is 79.9. The van der Waals surface area contributed by atoms with E-state index in [1.54, 1.807) is 6.07 Å². The average Bonchev–Trinajstić information content (AvgIpc) is 2.37. The molecule has 98 valence electrons. The first-order valence-corrected chi connectivity index (χ1v) is 7.18. The molecule has 1 atom stereocenters. The molecule has 1 aromatic carbocycles. The maximum absolute atomic E-state index is 12.0. The molecule has 1 aliphatic heterocycles. The van der Waals surface area contributed by atoms with Crippen LogP contribution in [0.15, 0.2) is 27.1 Å². The van der Waals surface area contributed by atoms with E-state index in [2.05, 4.69) is 37.2 Å². The van der Waals surface area contributed by atoms with Crippen LogP contribution in [0.5, 0.6) is 0 Å². The van der Waals surface area contributed by atoms with E-state index in [0.29, 0.717) is 31.9 Å². The van der Waals surface area contributed by atoms with Gasteiger partial charge in [-0.15, -0.1) is 0 Å². The summed E-state index contributed by atoms with van der Waals surface area (Å²) in [5.41, 5.74) is 0.606. The summed E-state index contributed by atoms with van der Waals surface area (Å²) in [7, 11) is 0.